The normalized spacial score (nSPS) is 11.9. The number of rotatable bonds is 8. The van der Waals surface area contributed by atoms with Crippen LogP contribution in [0.1, 0.15) is 24.4 Å². The van der Waals surface area contributed by atoms with Gasteiger partial charge in [0, 0.05) is 12.1 Å². The Morgan fingerprint density at radius 3 is 2.69 bits per heavy atom. The lowest BCUT2D eigenvalue weighted by atomic mass is 10.1. The van der Waals surface area contributed by atoms with Crippen LogP contribution in [0, 0.1) is 0 Å². The highest BCUT2D eigenvalue weighted by atomic mass is 35.5. The average Bonchev–Trinajstić information content (AvgIpc) is 3.06. The third-order valence-electron chi connectivity index (χ3n) is 4.19. The number of benzene rings is 2. The van der Waals surface area contributed by atoms with Gasteiger partial charge in [-0.25, -0.2) is 0 Å². The molecule has 0 aliphatic carbocycles. The number of nitrogens with zero attached hydrogens (tertiary/aromatic N) is 3. The van der Waals surface area contributed by atoms with Gasteiger partial charge in [0.25, 0.3) is 0 Å². The van der Waals surface area contributed by atoms with Gasteiger partial charge in [0.05, 0.1) is 16.8 Å². The summed E-state index contributed by atoms with van der Waals surface area (Å²) in [7, 11) is 1.83. The predicted molar refractivity (Wildman–Crippen MR) is 116 cm³/mol. The summed E-state index contributed by atoms with van der Waals surface area (Å²) in [5.74, 6) is 1.31. The van der Waals surface area contributed by atoms with E-state index in [4.69, 9.17) is 27.9 Å². The zero-order valence-electron chi connectivity index (χ0n) is 15.9. The van der Waals surface area contributed by atoms with Crippen LogP contribution in [0.5, 0.6) is 5.75 Å². The molecule has 3 rings (SSSR count). The molecule has 1 heterocycles. The first-order valence-corrected chi connectivity index (χ1v) is 10.6. The fourth-order valence-electron chi connectivity index (χ4n) is 2.57. The van der Waals surface area contributed by atoms with E-state index in [0.717, 1.165) is 5.56 Å². The maximum atomic E-state index is 12.3. The summed E-state index contributed by atoms with van der Waals surface area (Å²) in [5.41, 5.74) is 1.06. The molecule has 0 saturated carbocycles. The molecule has 1 unspecified atom stereocenters. The van der Waals surface area contributed by atoms with Crippen molar-refractivity contribution in [2.45, 2.75) is 24.7 Å². The molecule has 0 radical (unpaired) electrons. The fraction of sp³-hybridized carbons (Fsp3) is 0.250. The van der Waals surface area contributed by atoms with Gasteiger partial charge in [-0.15, -0.1) is 10.2 Å². The van der Waals surface area contributed by atoms with E-state index in [0.29, 0.717) is 26.8 Å². The monoisotopic (exact) mass is 450 g/mol. The Morgan fingerprint density at radius 1 is 1.21 bits per heavy atom. The van der Waals surface area contributed by atoms with Gasteiger partial charge >= 0.3 is 0 Å². The average molecular weight is 451 g/mol. The Morgan fingerprint density at radius 2 is 1.97 bits per heavy atom. The largest absolute Gasteiger partial charge is 0.484 e. The topological polar surface area (TPSA) is 69.0 Å². The number of nitrogens with one attached hydrogen (secondary N) is 1. The van der Waals surface area contributed by atoms with Crippen molar-refractivity contribution in [2.75, 3.05) is 5.75 Å². The highest BCUT2D eigenvalue weighted by Gasteiger charge is 2.14. The Balaban J connectivity index is 1.52. The maximum absolute atomic E-state index is 12.3. The molecule has 29 heavy (non-hydrogen) atoms. The minimum atomic E-state index is -0.0694. The summed E-state index contributed by atoms with van der Waals surface area (Å²) in [4.78, 5) is 12.3. The van der Waals surface area contributed by atoms with Crippen molar-refractivity contribution in [1.29, 1.82) is 0 Å². The van der Waals surface area contributed by atoms with E-state index in [2.05, 4.69) is 15.5 Å². The number of hydrogen-bond acceptors (Lipinski definition) is 5. The summed E-state index contributed by atoms with van der Waals surface area (Å²) in [6, 6.07) is 14.8. The Hall–Kier alpha value is -2.22. The molecule has 1 N–H and O–H groups in total. The second kappa shape index (κ2) is 10.0. The second-order valence-electron chi connectivity index (χ2n) is 6.31. The van der Waals surface area contributed by atoms with Crippen LogP contribution < -0.4 is 10.1 Å². The van der Waals surface area contributed by atoms with Crippen molar-refractivity contribution in [1.82, 2.24) is 20.1 Å². The molecule has 0 bridgehead atoms. The lowest BCUT2D eigenvalue weighted by molar-refractivity contribution is -0.119. The van der Waals surface area contributed by atoms with Crippen LogP contribution in [-0.2, 0) is 18.4 Å². The van der Waals surface area contributed by atoms with Gasteiger partial charge in [-0.3, -0.25) is 4.79 Å². The number of carbonyl (C=O) groups is 1. The SMILES string of the molecule is CC(NC(=O)CSc1nnc(COc2ccc(Cl)cc2Cl)n1C)c1ccccc1. The molecule has 1 amide bonds. The van der Waals surface area contributed by atoms with Gasteiger partial charge in [-0.2, -0.15) is 0 Å². The standard InChI is InChI=1S/C20H20Cl2N4O2S/c1-13(14-6-4-3-5-7-14)23-19(27)12-29-20-25-24-18(26(20)2)11-28-17-9-8-15(21)10-16(17)22/h3-10,13H,11-12H2,1-2H3,(H,23,27). The van der Waals surface area contributed by atoms with Gasteiger partial charge in [-0.1, -0.05) is 65.3 Å². The van der Waals surface area contributed by atoms with Crippen molar-refractivity contribution in [2.24, 2.45) is 7.05 Å². The maximum Gasteiger partial charge on any atom is 0.230 e. The summed E-state index contributed by atoms with van der Waals surface area (Å²) in [5, 5.41) is 12.9. The highest BCUT2D eigenvalue weighted by Crippen LogP contribution is 2.28. The van der Waals surface area contributed by atoms with Crippen LogP contribution >= 0.6 is 35.0 Å². The molecular weight excluding hydrogens is 431 g/mol. The first-order chi connectivity index (χ1) is 13.9. The first kappa shape index (κ1) is 21.5. The van der Waals surface area contributed by atoms with Crippen molar-refractivity contribution < 1.29 is 9.53 Å². The first-order valence-electron chi connectivity index (χ1n) is 8.87. The molecule has 0 aliphatic heterocycles. The Kier molecular flexibility index (Phi) is 7.41. The van der Waals surface area contributed by atoms with E-state index in [9.17, 15) is 4.79 Å². The number of thioether (sulfide) groups is 1. The number of halogens is 2. The van der Waals surface area contributed by atoms with Crippen LogP contribution in [0.15, 0.2) is 53.7 Å². The van der Waals surface area contributed by atoms with Gasteiger partial charge in [0.1, 0.15) is 12.4 Å². The van der Waals surface area contributed by atoms with Crippen molar-refractivity contribution in [3.05, 3.63) is 70.0 Å². The Bertz CT molecular complexity index is 982. The summed E-state index contributed by atoms with van der Waals surface area (Å²) >= 11 is 13.3. The van der Waals surface area contributed by atoms with Crippen LogP contribution in [0.3, 0.4) is 0 Å². The number of hydrogen-bond donors (Lipinski definition) is 1. The Labute approximate surface area is 183 Å². The van der Waals surface area contributed by atoms with E-state index in [1.54, 1.807) is 22.8 Å². The molecule has 9 heteroatoms. The van der Waals surface area contributed by atoms with Crippen LogP contribution in [0.25, 0.3) is 0 Å². The van der Waals surface area contributed by atoms with Gasteiger partial charge in [0.15, 0.2) is 11.0 Å². The zero-order valence-corrected chi connectivity index (χ0v) is 18.3. The highest BCUT2D eigenvalue weighted by molar-refractivity contribution is 7.99. The quantitative estimate of drug-likeness (QED) is 0.504. The molecule has 1 aromatic heterocycles. The minimum Gasteiger partial charge on any atom is -0.484 e. The van der Waals surface area contributed by atoms with E-state index < -0.39 is 0 Å². The fourth-order valence-corrected chi connectivity index (χ4v) is 3.77. The molecular formula is C20H20Cl2N4O2S. The number of ether oxygens (including phenoxy) is 1. The smallest absolute Gasteiger partial charge is 0.230 e. The third-order valence-corrected chi connectivity index (χ3v) is 5.74. The summed E-state index contributed by atoms with van der Waals surface area (Å²) < 4.78 is 7.49. The van der Waals surface area contributed by atoms with E-state index >= 15 is 0 Å². The molecule has 0 fully saturated rings. The molecule has 152 valence electrons. The molecule has 0 saturated heterocycles. The number of carbonyl (C=O) groups excluding carboxylic acids is 1. The predicted octanol–water partition coefficient (Wildman–Crippen LogP) is 4.67. The third kappa shape index (κ3) is 5.88. The van der Waals surface area contributed by atoms with Crippen molar-refractivity contribution >= 4 is 40.9 Å². The van der Waals surface area contributed by atoms with E-state index in [1.165, 1.54) is 11.8 Å². The minimum absolute atomic E-state index is 0.0584. The molecule has 0 spiro atoms. The summed E-state index contributed by atoms with van der Waals surface area (Å²) in [6.45, 7) is 2.15. The molecule has 3 aromatic rings. The zero-order chi connectivity index (χ0) is 20.8. The lowest BCUT2D eigenvalue weighted by Gasteiger charge is -2.14. The van der Waals surface area contributed by atoms with E-state index in [1.807, 2.05) is 44.3 Å². The van der Waals surface area contributed by atoms with Gasteiger partial charge in [-0.05, 0) is 30.7 Å². The molecule has 0 aliphatic rings. The molecule has 1 atom stereocenters. The van der Waals surface area contributed by atoms with Crippen LogP contribution in [-0.4, -0.2) is 26.4 Å². The van der Waals surface area contributed by atoms with Crippen molar-refractivity contribution in [3.8, 4) is 5.75 Å². The number of aromatic nitrogens is 3. The molecule has 2 aromatic carbocycles. The lowest BCUT2D eigenvalue weighted by Crippen LogP contribution is -2.28. The van der Waals surface area contributed by atoms with Gasteiger partial charge < -0.3 is 14.6 Å². The molecule has 6 nitrogen and oxygen atoms in total. The van der Waals surface area contributed by atoms with Gasteiger partial charge in [0.2, 0.25) is 5.91 Å². The van der Waals surface area contributed by atoms with Crippen LogP contribution in [0.2, 0.25) is 10.0 Å². The number of amides is 1. The van der Waals surface area contributed by atoms with Crippen LogP contribution in [0.4, 0.5) is 0 Å². The van der Waals surface area contributed by atoms with Crippen molar-refractivity contribution in [3.63, 3.8) is 0 Å². The van der Waals surface area contributed by atoms with E-state index in [-0.39, 0.29) is 24.3 Å². The second-order valence-corrected chi connectivity index (χ2v) is 8.10. The summed E-state index contributed by atoms with van der Waals surface area (Å²) in [6.07, 6.45) is 0.